The van der Waals surface area contributed by atoms with Crippen LogP contribution in [0.2, 0.25) is 0 Å². The molecule has 122 valence electrons. The van der Waals surface area contributed by atoms with Crippen molar-refractivity contribution in [2.24, 2.45) is 5.92 Å². The molecule has 23 heavy (non-hydrogen) atoms. The van der Waals surface area contributed by atoms with Gasteiger partial charge < -0.3 is 14.8 Å². The molecule has 2 aliphatic rings. The van der Waals surface area contributed by atoms with Gasteiger partial charge in [-0.15, -0.1) is 0 Å². The first kappa shape index (κ1) is 15.5. The first-order valence-electron chi connectivity index (χ1n) is 7.55. The van der Waals surface area contributed by atoms with Gasteiger partial charge in [0, 0.05) is 6.61 Å². The summed E-state index contributed by atoms with van der Waals surface area (Å²) in [6.45, 7) is 0.787. The number of nitrogens with zero attached hydrogens (tertiary/aromatic N) is 1. The highest BCUT2D eigenvalue weighted by molar-refractivity contribution is 5.97. The van der Waals surface area contributed by atoms with Crippen molar-refractivity contribution in [1.29, 1.82) is 0 Å². The Kier molecular flexibility index (Phi) is 4.57. The van der Waals surface area contributed by atoms with Crippen molar-refractivity contribution in [2.45, 2.75) is 12.5 Å². The first-order valence-corrected chi connectivity index (χ1v) is 7.55. The van der Waals surface area contributed by atoms with Gasteiger partial charge in [-0.25, -0.2) is 9.69 Å². The Labute approximate surface area is 133 Å². The molecule has 1 aromatic carbocycles. The van der Waals surface area contributed by atoms with E-state index >= 15 is 0 Å². The van der Waals surface area contributed by atoms with Crippen LogP contribution in [0.1, 0.15) is 18.0 Å². The van der Waals surface area contributed by atoms with Crippen molar-refractivity contribution in [3.05, 3.63) is 35.9 Å². The third kappa shape index (κ3) is 3.50. The molecular weight excluding hydrogens is 300 g/mol. The molecule has 2 fully saturated rings. The lowest BCUT2D eigenvalue weighted by Crippen LogP contribution is -2.42. The quantitative estimate of drug-likeness (QED) is 0.870. The number of carbonyl (C=O) groups excluding carboxylic acids is 3. The van der Waals surface area contributed by atoms with E-state index in [1.807, 2.05) is 30.3 Å². The minimum atomic E-state index is -0.672. The topological polar surface area (TPSA) is 84.9 Å². The molecule has 7 heteroatoms. The normalized spacial score (nSPS) is 22.1. The molecule has 2 saturated heterocycles. The summed E-state index contributed by atoms with van der Waals surface area (Å²) in [5.74, 6) is -0.715. The van der Waals surface area contributed by atoms with Crippen molar-refractivity contribution in [2.75, 3.05) is 26.4 Å². The molecule has 0 radical (unpaired) electrons. The lowest BCUT2D eigenvalue weighted by atomic mass is 10.0. The number of ether oxygens (including phenoxy) is 2. The van der Waals surface area contributed by atoms with Gasteiger partial charge in [0.2, 0.25) is 5.91 Å². The minimum Gasteiger partial charge on any atom is -0.439 e. The van der Waals surface area contributed by atoms with Crippen molar-refractivity contribution in [3.8, 4) is 0 Å². The van der Waals surface area contributed by atoms with Crippen molar-refractivity contribution < 1.29 is 23.9 Å². The molecule has 2 atom stereocenters. The summed E-state index contributed by atoms with van der Waals surface area (Å²) in [6.07, 6.45) is 0.00673. The number of cyclic esters (lactones) is 1. The summed E-state index contributed by atoms with van der Waals surface area (Å²) in [5, 5.41) is 2.92. The van der Waals surface area contributed by atoms with Gasteiger partial charge in [-0.05, 0) is 12.0 Å². The summed E-state index contributed by atoms with van der Waals surface area (Å²) in [5.41, 5.74) is 0.826. The predicted octanol–water partition coefficient (Wildman–Crippen LogP) is 0.859. The molecule has 1 aromatic rings. The fourth-order valence-corrected chi connectivity index (χ4v) is 2.69. The maximum absolute atomic E-state index is 12.4. The summed E-state index contributed by atoms with van der Waals surface area (Å²) < 4.78 is 9.96. The molecular formula is C16H18N2O5. The molecule has 3 amide bonds. The molecule has 2 unspecified atom stereocenters. The zero-order valence-corrected chi connectivity index (χ0v) is 12.6. The summed E-state index contributed by atoms with van der Waals surface area (Å²) in [7, 11) is 0. The van der Waals surface area contributed by atoms with Crippen LogP contribution in [0.15, 0.2) is 30.3 Å². The molecule has 0 saturated carbocycles. The van der Waals surface area contributed by atoms with Crippen LogP contribution >= 0.6 is 0 Å². The summed E-state index contributed by atoms with van der Waals surface area (Å²) in [6, 6.07) is 8.78. The summed E-state index contributed by atoms with van der Waals surface area (Å²) >= 11 is 0. The van der Waals surface area contributed by atoms with Gasteiger partial charge in [-0.2, -0.15) is 0 Å². The Morgan fingerprint density at radius 3 is 2.70 bits per heavy atom. The van der Waals surface area contributed by atoms with Crippen LogP contribution in [0.3, 0.4) is 0 Å². The number of benzene rings is 1. The molecule has 0 spiro atoms. The Balaban J connectivity index is 1.75. The molecule has 2 aliphatic heterocycles. The summed E-state index contributed by atoms with van der Waals surface area (Å²) in [4.78, 5) is 36.8. The van der Waals surface area contributed by atoms with Gasteiger partial charge in [0.05, 0.1) is 25.1 Å². The Bertz CT molecular complexity index is 582. The zero-order valence-electron chi connectivity index (χ0n) is 12.6. The van der Waals surface area contributed by atoms with Gasteiger partial charge in [-0.3, -0.25) is 9.59 Å². The third-order valence-electron chi connectivity index (χ3n) is 4.02. The van der Waals surface area contributed by atoms with E-state index in [1.165, 1.54) is 0 Å². The van der Waals surface area contributed by atoms with E-state index in [0.29, 0.717) is 19.6 Å². The molecule has 2 heterocycles. The van der Waals surface area contributed by atoms with E-state index in [4.69, 9.17) is 9.47 Å². The molecule has 0 aliphatic carbocycles. The maximum atomic E-state index is 12.4. The molecule has 0 aromatic heterocycles. The SMILES string of the molecule is O=C(NC(CN1C(=O)COC1=O)c1ccccc1)C1CCOC1. The average molecular weight is 318 g/mol. The van der Waals surface area contributed by atoms with E-state index < -0.39 is 18.0 Å². The third-order valence-corrected chi connectivity index (χ3v) is 4.02. The molecule has 7 nitrogen and oxygen atoms in total. The first-order chi connectivity index (χ1) is 11.1. The second-order valence-electron chi connectivity index (χ2n) is 5.59. The maximum Gasteiger partial charge on any atom is 0.417 e. The Hall–Kier alpha value is -2.41. The number of carbonyl (C=O) groups is 3. The lowest BCUT2D eigenvalue weighted by Gasteiger charge is -2.24. The van der Waals surface area contributed by atoms with Gasteiger partial charge in [0.25, 0.3) is 5.91 Å². The molecule has 0 bridgehead atoms. The lowest BCUT2D eigenvalue weighted by molar-refractivity contribution is -0.128. The van der Waals surface area contributed by atoms with Crippen molar-refractivity contribution in [1.82, 2.24) is 10.2 Å². The number of amides is 3. The fraction of sp³-hybridized carbons (Fsp3) is 0.438. The number of hydrogen-bond donors (Lipinski definition) is 1. The Morgan fingerprint density at radius 2 is 2.09 bits per heavy atom. The van der Waals surface area contributed by atoms with E-state index in [-0.39, 0.29) is 25.0 Å². The van der Waals surface area contributed by atoms with Crippen LogP contribution in [0.5, 0.6) is 0 Å². The smallest absolute Gasteiger partial charge is 0.417 e. The van der Waals surface area contributed by atoms with Crippen LogP contribution in [-0.4, -0.2) is 49.2 Å². The van der Waals surface area contributed by atoms with Gasteiger partial charge in [-0.1, -0.05) is 30.3 Å². The highest BCUT2D eigenvalue weighted by Crippen LogP contribution is 2.20. The van der Waals surface area contributed by atoms with Gasteiger partial charge in [0.1, 0.15) is 0 Å². The van der Waals surface area contributed by atoms with Gasteiger partial charge >= 0.3 is 6.09 Å². The number of hydrogen-bond acceptors (Lipinski definition) is 5. The molecule has 1 N–H and O–H groups in total. The van der Waals surface area contributed by atoms with Crippen LogP contribution in [0, 0.1) is 5.92 Å². The van der Waals surface area contributed by atoms with Crippen LogP contribution in [-0.2, 0) is 19.1 Å². The standard InChI is InChI=1S/C16H18N2O5/c19-14-10-23-16(21)18(14)8-13(11-4-2-1-3-5-11)17-15(20)12-6-7-22-9-12/h1-5,12-13H,6-10H2,(H,17,20). The number of imide groups is 1. The van der Waals surface area contributed by atoms with Crippen LogP contribution in [0.25, 0.3) is 0 Å². The molecule has 3 rings (SSSR count). The van der Waals surface area contributed by atoms with E-state index in [1.54, 1.807) is 0 Å². The van der Waals surface area contributed by atoms with Crippen LogP contribution < -0.4 is 5.32 Å². The van der Waals surface area contributed by atoms with Crippen molar-refractivity contribution in [3.63, 3.8) is 0 Å². The second kappa shape index (κ2) is 6.78. The van der Waals surface area contributed by atoms with E-state index in [0.717, 1.165) is 10.5 Å². The average Bonchev–Trinajstić information content (AvgIpc) is 3.20. The minimum absolute atomic E-state index is 0.0565. The monoisotopic (exact) mass is 318 g/mol. The highest BCUT2D eigenvalue weighted by atomic mass is 16.6. The second-order valence-corrected chi connectivity index (χ2v) is 5.59. The number of nitrogens with one attached hydrogen (secondary N) is 1. The van der Waals surface area contributed by atoms with Crippen LogP contribution in [0.4, 0.5) is 4.79 Å². The highest BCUT2D eigenvalue weighted by Gasteiger charge is 2.34. The Morgan fingerprint density at radius 1 is 1.30 bits per heavy atom. The van der Waals surface area contributed by atoms with E-state index in [2.05, 4.69) is 5.32 Å². The van der Waals surface area contributed by atoms with Crippen molar-refractivity contribution >= 4 is 17.9 Å². The predicted molar refractivity (Wildman–Crippen MR) is 79.3 cm³/mol. The largest absolute Gasteiger partial charge is 0.439 e. The fourth-order valence-electron chi connectivity index (χ4n) is 2.69. The van der Waals surface area contributed by atoms with Gasteiger partial charge in [0.15, 0.2) is 6.61 Å². The van der Waals surface area contributed by atoms with E-state index in [9.17, 15) is 14.4 Å². The number of rotatable bonds is 5. The zero-order chi connectivity index (χ0) is 16.2.